The number of rotatable bonds is 7. The molecule has 3 atom stereocenters. The number of carbonyl (C=O) groups excluding carboxylic acids is 2. The molecule has 0 radical (unpaired) electrons. The lowest BCUT2D eigenvalue weighted by molar-refractivity contribution is -0.137. The van der Waals surface area contributed by atoms with E-state index >= 15 is 0 Å². The number of aliphatic carboxylic acids is 1. The van der Waals surface area contributed by atoms with Gasteiger partial charge in [-0.1, -0.05) is 13.8 Å². The van der Waals surface area contributed by atoms with E-state index in [2.05, 4.69) is 10.6 Å². The van der Waals surface area contributed by atoms with Crippen LogP contribution in [0.25, 0.3) is 0 Å². The number of carboxylic acid groups (broad SMARTS) is 1. The largest absolute Gasteiger partial charge is 0.481 e. The molecule has 2 rings (SSSR count). The van der Waals surface area contributed by atoms with Crippen LogP contribution in [0.5, 0.6) is 0 Å². The summed E-state index contributed by atoms with van der Waals surface area (Å²) in [6.45, 7) is 4.12. The monoisotopic (exact) mass is 318 g/mol. The Balaban J connectivity index is 1.82. The Labute approximate surface area is 135 Å². The molecule has 0 heterocycles. The van der Waals surface area contributed by atoms with Crippen LogP contribution in [0.2, 0.25) is 0 Å². The molecule has 6 nitrogen and oxygen atoms in total. The molecule has 0 bridgehead atoms. The van der Waals surface area contributed by atoms with Crippen LogP contribution >= 0.6 is 0 Å². The summed E-state index contributed by atoms with van der Waals surface area (Å²) in [6.07, 6.45) is 0.950. The topological polar surface area (TPSA) is 95.5 Å². The first kappa shape index (κ1) is 17.0. The lowest BCUT2D eigenvalue weighted by Gasteiger charge is -2.11. The van der Waals surface area contributed by atoms with Crippen molar-refractivity contribution in [3.63, 3.8) is 0 Å². The van der Waals surface area contributed by atoms with Gasteiger partial charge in [-0.15, -0.1) is 0 Å². The second kappa shape index (κ2) is 7.26. The first-order valence-electron chi connectivity index (χ1n) is 7.77. The van der Waals surface area contributed by atoms with Gasteiger partial charge in [0, 0.05) is 30.1 Å². The molecule has 1 aromatic carbocycles. The summed E-state index contributed by atoms with van der Waals surface area (Å²) < 4.78 is 0. The van der Waals surface area contributed by atoms with Gasteiger partial charge in [-0.3, -0.25) is 14.4 Å². The SMILES string of the molecule is CC(CNC(=O)c1ccc(NC(=O)C2CC2C)cc1)CC(=O)O. The summed E-state index contributed by atoms with van der Waals surface area (Å²) in [6, 6.07) is 6.67. The van der Waals surface area contributed by atoms with Crippen LogP contribution in [0.1, 0.15) is 37.0 Å². The van der Waals surface area contributed by atoms with Crippen molar-refractivity contribution in [1.82, 2.24) is 5.32 Å². The third-order valence-corrected chi connectivity index (χ3v) is 4.00. The molecule has 1 saturated carbocycles. The van der Waals surface area contributed by atoms with Crippen LogP contribution < -0.4 is 10.6 Å². The fourth-order valence-corrected chi connectivity index (χ4v) is 2.37. The lowest BCUT2D eigenvalue weighted by atomic mass is 10.1. The minimum Gasteiger partial charge on any atom is -0.481 e. The van der Waals surface area contributed by atoms with Gasteiger partial charge < -0.3 is 15.7 Å². The molecule has 0 saturated heterocycles. The molecule has 1 aromatic rings. The number of carboxylic acids is 1. The highest BCUT2D eigenvalue weighted by Gasteiger charge is 2.39. The summed E-state index contributed by atoms with van der Waals surface area (Å²) in [5.74, 6) is -0.679. The van der Waals surface area contributed by atoms with Gasteiger partial charge in [0.1, 0.15) is 0 Å². The van der Waals surface area contributed by atoms with Crippen molar-refractivity contribution in [2.24, 2.45) is 17.8 Å². The van der Waals surface area contributed by atoms with Crippen molar-refractivity contribution in [3.8, 4) is 0 Å². The molecule has 3 unspecified atom stereocenters. The molecule has 1 aliphatic rings. The van der Waals surface area contributed by atoms with Crippen molar-refractivity contribution < 1.29 is 19.5 Å². The normalized spacial score (nSPS) is 20.4. The van der Waals surface area contributed by atoms with E-state index in [9.17, 15) is 14.4 Å². The molecule has 6 heteroatoms. The van der Waals surface area contributed by atoms with Gasteiger partial charge in [0.2, 0.25) is 5.91 Å². The smallest absolute Gasteiger partial charge is 0.303 e. The molecule has 124 valence electrons. The van der Waals surface area contributed by atoms with Crippen LogP contribution in [-0.2, 0) is 9.59 Å². The van der Waals surface area contributed by atoms with E-state index in [1.54, 1.807) is 31.2 Å². The number of anilines is 1. The maximum absolute atomic E-state index is 12.0. The maximum atomic E-state index is 12.0. The number of amides is 2. The van der Waals surface area contributed by atoms with Crippen molar-refractivity contribution >= 4 is 23.5 Å². The molecule has 0 aliphatic heterocycles. The fraction of sp³-hybridized carbons (Fsp3) is 0.471. The predicted octanol–water partition coefficient (Wildman–Crippen LogP) is 2.12. The predicted molar refractivity (Wildman–Crippen MR) is 86.1 cm³/mol. The molecule has 0 aromatic heterocycles. The third-order valence-electron chi connectivity index (χ3n) is 4.00. The van der Waals surface area contributed by atoms with E-state index in [0.29, 0.717) is 23.7 Å². The van der Waals surface area contributed by atoms with Gasteiger partial charge in [0.05, 0.1) is 0 Å². The Morgan fingerprint density at radius 3 is 2.39 bits per heavy atom. The van der Waals surface area contributed by atoms with Crippen molar-refractivity contribution in [3.05, 3.63) is 29.8 Å². The zero-order valence-corrected chi connectivity index (χ0v) is 13.3. The fourth-order valence-electron chi connectivity index (χ4n) is 2.37. The van der Waals surface area contributed by atoms with E-state index in [-0.39, 0.29) is 30.1 Å². The zero-order chi connectivity index (χ0) is 17.0. The summed E-state index contributed by atoms with van der Waals surface area (Å²) in [5.41, 5.74) is 1.15. The van der Waals surface area contributed by atoms with E-state index in [1.165, 1.54) is 0 Å². The molecule has 2 amide bonds. The van der Waals surface area contributed by atoms with Crippen molar-refractivity contribution in [2.75, 3.05) is 11.9 Å². The first-order valence-corrected chi connectivity index (χ1v) is 7.77. The molecule has 1 fully saturated rings. The van der Waals surface area contributed by atoms with E-state index in [0.717, 1.165) is 6.42 Å². The molecular formula is C17H22N2O4. The highest BCUT2D eigenvalue weighted by Crippen LogP contribution is 2.38. The number of hydrogen-bond acceptors (Lipinski definition) is 3. The van der Waals surface area contributed by atoms with Crippen molar-refractivity contribution in [2.45, 2.75) is 26.7 Å². The second-order valence-electron chi connectivity index (χ2n) is 6.30. The molecule has 3 N–H and O–H groups in total. The third kappa shape index (κ3) is 5.09. The maximum Gasteiger partial charge on any atom is 0.303 e. The van der Waals surface area contributed by atoms with Crippen LogP contribution in [-0.4, -0.2) is 29.4 Å². The van der Waals surface area contributed by atoms with Crippen molar-refractivity contribution in [1.29, 1.82) is 0 Å². The highest BCUT2D eigenvalue weighted by atomic mass is 16.4. The van der Waals surface area contributed by atoms with E-state index in [4.69, 9.17) is 5.11 Å². The van der Waals surface area contributed by atoms with Gasteiger partial charge in [-0.2, -0.15) is 0 Å². The summed E-state index contributed by atoms with van der Waals surface area (Å²) >= 11 is 0. The van der Waals surface area contributed by atoms with Gasteiger partial charge in [-0.05, 0) is 42.5 Å². The standard InChI is InChI=1S/C17H22N2O4/c1-10(7-15(20)21)9-18-16(22)12-3-5-13(6-4-12)19-17(23)14-8-11(14)2/h3-6,10-11,14H,7-9H2,1-2H3,(H,18,22)(H,19,23)(H,20,21). The Hall–Kier alpha value is -2.37. The van der Waals surface area contributed by atoms with E-state index in [1.807, 2.05) is 6.92 Å². The summed E-state index contributed by atoms with van der Waals surface area (Å²) in [5, 5.41) is 14.2. The van der Waals surface area contributed by atoms with Crippen LogP contribution in [0.4, 0.5) is 5.69 Å². The van der Waals surface area contributed by atoms with Crippen LogP contribution in [0, 0.1) is 17.8 Å². The average Bonchev–Trinajstić information content (AvgIpc) is 3.22. The second-order valence-corrected chi connectivity index (χ2v) is 6.30. The van der Waals surface area contributed by atoms with Crippen LogP contribution in [0.15, 0.2) is 24.3 Å². The molecule has 1 aliphatic carbocycles. The highest BCUT2D eigenvalue weighted by molar-refractivity contribution is 5.97. The number of nitrogens with one attached hydrogen (secondary N) is 2. The summed E-state index contributed by atoms with van der Waals surface area (Å²) in [7, 11) is 0. The van der Waals surface area contributed by atoms with Crippen LogP contribution in [0.3, 0.4) is 0 Å². The zero-order valence-electron chi connectivity index (χ0n) is 13.3. The minimum atomic E-state index is -0.878. The van der Waals surface area contributed by atoms with E-state index < -0.39 is 5.97 Å². The lowest BCUT2D eigenvalue weighted by Crippen LogP contribution is -2.29. The summed E-state index contributed by atoms with van der Waals surface area (Å²) in [4.78, 5) is 34.4. The van der Waals surface area contributed by atoms with Gasteiger partial charge in [0.15, 0.2) is 0 Å². The minimum absolute atomic E-state index is 0.0187. The molecule has 23 heavy (non-hydrogen) atoms. The first-order chi connectivity index (χ1) is 10.9. The average molecular weight is 318 g/mol. The Bertz CT molecular complexity index is 597. The number of hydrogen-bond donors (Lipinski definition) is 3. The number of carbonyl (C=O) groups is 3. The quantitative estimate of drug-likeness (QED) is 0.717. The van der Waals surface area contributed by atoms with Gasteiger partial charge >= 0.3 is 5.97 Å². The van der Waals surface area contributed by atoms with Gasteiger partial charge in [0.25, 0.3) is 5.91 Å². The Morgan fingerprint density at radius 2 is 1.87 bits per heavy atom. The number of benzene rings is 1. The van der Waals surface area contributed by atoms with Gasteiger partial charge in [-0.25, -0.2) is 0 Å². The molecule has 0 spiro atoms. The Kier molecular flexibility index (Phi) is 5.36. The Morgan fingerprint density at radius 1 is 1.26 bits per heavy atom. The molecular weight excluding hydrogens is 296 g/mol.